The summed E-state index contributed by atoms with van der Waals surface area (Å²) in [5.74, 6) is 0.429. The summed E-state index contributed by atoms with van der Waals surface area (Å²) < 4.78 is 29.7. The first-order valence-corrected chi connectivity index (χ1v) is 13.6. The van der Waals surface area contributed by atoms with Crippen molar-refractivity contribution in [3.63, 3.8) is 0 Å². The molecular formula is C31H33N3O7. The number of benzene rings is 3. The highest BCUT2D eigenvalue weighted by atomic mass is 16.5. The van der Waals surface area contributed by atoms with Gasteiger partial charge in [-0.2, -0.15) is 0 Å². The summed E-state index contributed by atoms with van der Waals surface area (Å²) in [5, 5.41) is 37.0. The van der Waals surface area contributed by atoms with Crippen LogP contribution in [-0.4, -0.2) is 54.4 Å². The van der Waals surface area contributed by atoms with Crippen LogP contribution in [0.3, 0.4) is 0 Å². The molecule has 0 unspecified atom stereocenters. The summed E-state index contributed by atoms with van der Waals surface area (Å²) in [4.78, 5) is 0. The number of aromatic nitrogens is 2. The minimum atomic E-state index is -2.01. The number of methoxy groups -OCH3 is 3. The van der Waals surface area contributed by atoms with Crippen molar-refractivity contribution in [1.29, 1.82) is 0 Å². The van der Waals surface area contributed by atoms with Gasteiger partial charge < -0.3 is 38.9 Å². The van der Waals surface area contributed by atoms with Gasteiger partial charge in [0, 0.05) is 24.6 Å². The molecule has 214 valence electrons. The highest BCUT2D eigenvalue weighted by Gasteiger charge is 2.78. The van der Waals surface area contributed by atoms with Gasteiger partial charge in [0.15, 0.2) is 11.2 Å². The second-order valence-electron chi connectivity index (χ2n) is 10.3. The summed E-state index contributed by atoms with van der Waals surface area (Å²) in [5.41, 5.74) is -1.81. The van der Waals surface area contributed by atoms with Gasteiger partial charge >= 0.3 is 6.01 Å². The molecule has 0 bridgehead atoms. The highest BCUT2D eigenvalue weighted by Crippen LogP contribution is 2.72. The Balaban J connectivity index is 1.65. The van der Waals surface area contributed by atoms with Gasteiger partial charge in [0.25, 0.3) is 0 Å². The second-order valence-corrected chi connectivity index (χ2v) is 10.3. The fraction of sp³-hybridized carbons (Fsp3) is 0.355. The number of rotatable bonds is 9. The third-order valence-corrected chi connectivity index (χ3v) is 8.21. The van der Waals surface area contributed by atoms with Crippen LogP contribution in [-0.2, 0) is 11.2 Å². The van der Waals surface area contributed by atoms with Gasteiger partial charge in [0.05, 0.1) is 32.8 Å². The molecule has 0 spiro atoms. The summed E-state index contributed by atoms with van der Waals surface area (Å²) in [7, 11) is 4.63. The first-order valence-electron chi connectivity index (χ1n) is 13.6. The first kappa shape index (κ1) is 26.9. The maximum absolute atomic E-state index is 13.0. The van der Waals surface area contributed by atoms with Crippen LogP contribution in [0.4, 0.5) is 6.01 Å². The monoisotopic (exact) mass is 559 g/mol. The van der Waals surface area contributed by atoms with Gasteiger partial charge in [-0.3, -0.25) is 0 Å². The molecule has 0 amide bonds. The lowest BCUT2D eigenvalue weighted by Crippen LogP contribution is -2.52. The molecule has 1 aromatic heterocycles. The van der Waals surface area contributed by atoms with Gasteiger partial charge in [0.2, 0.25) is 5.89 Å². The maximum Gasteiger partial charge on any atom is 0.315 e. The number of aliphatic hydroxyl groups is 2. The average molecular weight is 560 g/mol. The molecule has 6 rings (SSSR count). The van der Waals surface area contributed by atoms with Crippen molar-refractivity contribution in [2.24, 2.45) is 0 Å². The molecule has 1 aliphatic carbocycles. The Morgan fingerprint density at radius 3 is 2.32 bits per heavy atom. The van der Waals surface area contributed by atoms with E-state index in [1.54, 1.807) is 38.5 Å². The second kappa shape index (κ2) is 10.3. The standard InChI is InChI=1S/C31H33N3O7/c1-5-15-32-29-34-33-28(40-29)24-25(18-9-7-6-8-10-18)31(19-11-13-20(37-2)14-12-19)30(36,27(24)35)26-22(39-4)16-21(38-3)17-23(26)41-31/h6-14,16-17,24-25,27,35-36H,5,15H2,1-4H3,(H,32,34)/t24-,25-,27-,30+,31+/m1/s1. The van der Waals surface area contributed by atoms with Gasteiger partial charge in [-0.15, -0.1) is 5.10 Å². The van der Waals surface area contributed by atoms with Gasteiger partial charge in [-0.05, 0) is 29.7 Å². The van der Waals surface area contributed by atoms with Crippen LogP contribution in [0.1, 0.15) is 47.8 Å². The van der Waals surface area contributed by atoms with Crippen molar-refractivity contribution in [2.45, 2.75) is 42.5 Å². The fourth-order valence-corrected chi connectivity index (χ4v) is 6.45. The predicted octanol–water partition coefficient (Wildman–Crippen LogP) is 4.33. The Kier molecular flexibility index (Phi) is 6.75. The largest absolute Gasteiger partial charge is 0.497 e. The summed E-state index contributed by atoms with van der Waals surface area (Å²) in [6.45, 7) is 2.68. The minimum absolute atomic E-state index is 0.179. The fourth-order valence-electron chi connectivity index (χ4n) is 6.45. The lowest BCUT2D eigenvalue weighted by Gasteiger charge is -2.40. The van der Waals surface area contributed by atoms with E-state index in [0.29, 0.717) is 40.7 Å². The molecule has 5 atom stereocenters. The number of ether oxygens (including phenoxy) is 4. The van der Waals surface area contributed by atoms with E-state index in [0.717, 1.165) is 12.0 Å². The molecule has 4 aromatic rings. The van der Waals surface area contributed by atoms with Gasteiger partial charge in [0.1, 0.15) is 29.1 Å². The molecular weight excluding hydrogens is 526 g/mol. The smallest absolute Gasteiger partial charge is 0.315 e. The molecule has 1 fully saturated rings. The lowest BCUT2D eigenvalue weighted by molar-refractivity contribution is -0.151. The van der Waals surface area contributed by atoms with Crippen molar-refractivity contribution >= 4 is 6.01 Å². The van der Waals surface area contributed by atoms with E-state index in [9.17, 15) is 10.2 Å². The number of hydrogen-bond donors (Lipinski definition) is 3. The topological polar surface area (TPSA) is 128 Å². The van der Waals surface area contributed by atoms with Crippen LogP contribution in [0.25, 0.3) is 0 Å². The third kappa shape index (κ3) is 3.85. The molecule has 1 saturated carbocycles. The number of nitrogens with zero attached hydrogens (tertiary/aromatic N) is 2. The third-order valence-electron chi connectivity index (χ3n) is 8.21. The predicted molar refractivity (Wildman–Crippen MR) is 150 cm³/mol. The number of aliphatic hydroxyl groups excluding tert-OH is 1. The van der Waals surface area contributed by atoms with Crippen LogP contribution in [0.2, 0.25) is 0 Å². The van der Waals surface area contributed by atoms with Crippen LogP contribution in [0, 0.1) is 0 Å². The van der Waals surface area contributed by atoms with Crippen molar-refractivity contribution in [2.75, 3.05) is 33.2 Å². The van der Waals surface area contributed by atoms with E-state index in [1.165, 1.54) is 7.11 Å². The van der Waals surface area contributed by atoms with Crippen molar-refractivity contribution in [1.82, 2.24) is 10.2 Å². The molecule has 2 heterocycles. The maximum atomic E-state index is 13.0. The molecule has 3 N–H and O–H groups in total. The number of anilines is 1. The Morgan fingerprint density at radius 1 is 0.927 bits per heavy atom. The van der Waals surface area contributed by atoms with E-state index in [4.69, 9.17) is 23.4 Å². The average Bonchev–Trinajstić information content (AvgIpc) is 3.64. The minimum Gasteiger partial charge on any atom is -0.497 e. The van der Waals surface area contributed by atoms with Gasteiger partial charge in [-0.1, -0.05) is 54.5 Å². The summed E-state index contributed by atoms with van der Waals surface area (Å²) in [6, 6.07) is 20.5. The van der Waals surface area contributed by atoms with Gasteiger partial charge in [-0.25, -0.2) is 0 Å². The van der Waals surface area contributed by atoms with Crippen molar-refractivity contribution < 1.29 is 33.6 Å². The molecule has 0 saturated heterocycles. The van der Waals surface area contributed by atoms with Crippen molar-refractivity contribution in [3.05, 3.63) is 89.3 Å². The van der Waals surface area contributed by atoms with E-state index in [2.05, 4.69) is 15.5 Å². The Labute approximate surface area is 237 Å². The van der Waals surface area contributed by atoms with Crippen LogP contribution in [0.5, 0.6) is 23.0 Å². The van der Waals surface area contributed by atoms with Crippen LogP contribution >= 0.6 is 0 Å². The molecule has 10 nitrogen and oxygen atoms in total. The molecule has 2 aliphatic rings. The Hall–Kier alpha value is -4.28. The van der Waals surface area contributed by atoms with E-state index >= 15 is 0 Å². The molecule has 10 heteroatoms. The van der Waals surface area contributed by atoms with E-state index < -0.39 is 29.1 Å². The van der Waals surface area contributed by atoms with Crippen molar-refractivity contribution in [3.8, 4) is 23.0 Å². The lowest BCUT2D eigenvalue weighted by atomic mass is 9.70. The zero-order chi connectivity index (χ0) is 28.8. The van der Waals surface area contributed by atoms with E-state index in [-0.39, 0.29) is 11.9 Å². The molecule has 0 radical (unpaired) electrons. The SMILES string of the molecule is CCCNc1nnc([C@H]2[C@@H](O)[C@@]3(O)c4c(OC)cc(OC)cc4O[C@@]3(c3ccc(OC)cc3)[C@@H]2c2ccccc2)o1. The normalized spacial score (nSPS) is 26.1. The number of fused-ring (bicyclic) bond motifs is 3. The first-order chi connectivity index (χ1) is 19.9. The van der Waals surface area contributed by atoms with E-state index in [1.807, 2.05) is 49.4 Å². The summed E-state index contributed by atoms with van der Waals surface area (Å²) >= 11 is 0. The highest BCUT2D eigenvalue weighted by molar-refractivity contribution is 5.63. The molecule has 1 aliphatic heterocycles. The quantitative estimate of drug-likeness (QED) is 0.273. The zero-order valence-electron chi connectivity index (χ0n) is 23.3. The molecule has 3 aromatic carbocycles. The zero-order valence-corrected chi connectivity index (χ0v) is 23.3. The number of nitrogens with one attached hydrogen (secondary N) is 1. The number of hydrogen-bond acceptors (Lipinski definition) is 10. The Morgan fingerprint density at radius 2 is 1.66 bits per heavy atom. The Bertz CT molecular complexity index is 1530. The van der Waals surface area contributed by atoms with Crippen LogP contribution in [0.15, 0.2) is 71.1 Å². The molecule has 41 heavy (non-hydrogen) atoms. The summed E-state index contributed by atoms with van der Waals surface area (Å²) in [6.07, 6.45) is -0.581. The van der Waals surface area contributed by atoms with Crippen LogP contribution < -0.4 is 24.3 Å².